The predicted octanol–water partition coefficient (Wildman–Crippen LogP) is 5.72. The van der Waals surface area contributed by atoms with Crippen molar-refractivity contribution >= 4 is 0 Å². The molecule has 1 N–H and O–H groups in total. The Bertz CT molecular complexity index is 924. The molecule has 0 saturated heterocycles. The van der Waals surface area contributed by atoms with Crippen molar-refractivity contribution in [3.8, 4) is 5.75 Å². The number of aliphatic hydroxyl groups is 1. The van der Waals surface area contributed by atoms with E-state index in [0.29, 0.717) is 26.2 Å². The van der Waals surface area contributed by atoms with Gasteiger partial charge in [-0.2, -0.15) is 0 Å². The maximum Gasteiger partial charge on any atom is 0.118 e. The van der Waals surface area contributed by atoms with E-state index in [9.17, 15) is 5.11 Å². The third kappa shape index (κ3) is 8.04. The fourth-order valence-electron chi connectivity index (χ4n) is 4.64. The van der Waals surface area contributed by atoms with Crippen LogP contribution in [0.2, 0.25) is 0 Å². The number of methoxy groups -OCH3 is 1. The average molecular weight is 481 g/mol. The second-order valence-electron chi connectivity index (χ2n) is 9.54. The van der Waals surface area contributed by atoms with Crippen molar-refractivity contribution in [3.05, 3.63) is 90.0 Å². The van der Waals surface area contributed by atoms with Gasteiger partial charge in [-0.15, -0.1) is 6.58 Å². The van der Waals surface area contributed by atoms with E-state index in [0.717, 1.165) is 16.9 Å². The molecule has 1 aliphatic heterocycles. The molecule has 0 fully saturated rings. The Labute approximate surface area is 210 Å². The monoisotopic (exact) mass is 480 g/mol. The van der Waals surface area contributed by atoms with Gasteiger partial charge in [-0.3, -0.25) is 0 Å². The van der Waals surface area contributed by atoms with Crippen molar-refractivity contribution in [2.75, 3.05) is 13.7 Å². The van der Waals surface area contributed by atoms with Crippen LogP contribution in [0.15, 0.2) is 78.9 Å². The van der Waals surface area contributed by atoms with Crippen LogP contribution in [0, 0.1) is 11.8 Å². The number of ether oxygens (including phenoxy) is 4. The van der Waals surface area contributed by atoms with Crippen molar-refractivity contribution in [2.24, 2.45) is 11.8 Å². The summed E-state index contributed by atoms with van der Waals surface area (Å²) in [5.74, 6) is 1.10. The van der Waals surface area contributed by atoms with E-state index in [1.807, 2.05) is 42.5 Å². The van der Waals surface area contributed by atoms with Gasteiger partial charge in [-0.1, -0.05) is 74.0 Å². The summed E-state index contributed by atoms with van der Waals surface area (Å²) in [6.45, 7) is 11.8. The normalized spacial score (nSPS) is 26.0. The second kappa shape index (κ2) is 13.6. The Hall–Kier alpha value is -2.44. The van der Waals surface area contributed by atoms with E-state index < -0.39 is 12.2 Å². The molecule has 0 saturated carbocycles. The zero-order valence-electron chi connectivity index (χ0n) is 21.4. The SMILES string of the molecule is C=CC(O)[C@H]1O[C@H]([C@H](C)COCc2ccccc2)[C@H](C)/C=C(/C)C[C@H]1OCc1ccc(OC)cc1. The Morgan fingerprint density at radius 3 is 2.40 bits per heavy atom. The molecule has 1 unspecified atom stereocenters. The van der Waals surface area contributed by atoms with E-state index in [4.69, 9.17) is 18.9 Å². The van der Waals surface area contributed by atoms with Crippen LogP contribution in [0.25, 0.3) is 0 Å². The zero-order chi connectivity index (χ0) is 25.2. The fourth-order valence-corrected chi connectivity index (χ4v) is 4.64. The minimum Gasteiger partial charge on any atom is -0.497 e. The summed E-state index contributed by atoms with van der Waals surface area (Å²) in [7, 11) is 1.65. The first-order valence-corrected chi connectivity index (χ1v) is 12.4. The van der Waals surface area contributed by atoms with E-state index in [1.165, 1.54) is 11.6 Å². The predicted molar refractivity (Wildman–Crippen MR) is 139 cm³/mol. The quantitative estimate of drug-likeness (QED) is 0.417. The van der Waals surface area contributed by atoms with Gasteiger partial charge in [0.15, 0.2) is 0 Å². The van der Waals surface area contributed by atoms with Gasteiger partial charge >= 0.3 is 0 Å². The van der Waals surface area contributed by atoms with Crippen LogP contribution in [0.3, 0.4) is 0 Å². The van der Waals surface area contributed by atoms with Gasteiger partial charge < -0.3 is 24.1 Å². The summed E-state index contributed by atoms with van der Waals surface area (Å²) in [5, 5.41) is 10.8. The molecule has 6 atom stereocenters. The summed E-state index contributed by atoms with van der Waals surface area (Å²) < 4.78 is 24.2. The van der Waals surface area contributed by atoms with Crippen LogP contribution in [0.5, 0.6) is 5.75 Å². The molecule has 0 aliphatic carbocycles. The summed E-state index contributed by atoms with van der Waals surface area (Å²) in [4.78, 5) is 0. The van der Waals surface area contributed by atoms with Gasteiger partial charge in [0.05, 0.1) is 39.1 Å². The van der Waals surface area contributed by atoms with Crippen molar-refractivity contribution in [1.29, 1.82) is 0 Å². The van der Waals surface area contributed by atoms with Crippen LogP contribution < -0.4 is 4.74 Å². The maximum atomic E-state index is 10.8. The Kier molecular flexibility index (Phi) is 10.5. The topological polar surface area (TPSA) is 57.2 Å². The lowest BCUT2D eigenvalue weighted by Gasteiger charge is -2.39. The fraction of sp³-hybridized carbons (Fsp3) is 0.467. The summed E-state index contributed by atoms with van der Waals surface area (Å²) in [6.07, 6.45) is 2.67. The molecule has 2 aromatic rings. The standard InChI is InChI=1S/C30H40O5/c1-6-27(31)30-28(34-20-25-12-14-26(32-5)15-13-25)17-21(2)16-22(3)29(35-30)23(4)18-33-19-24-10-8-7-9-11-24/h6-16,22-23,27-31H,1,17-20H2,2-5H3/b21-16-/t22-,23-,27?,28-,29+,30-/m1/s1. The van der Waals surface area contributed by atoms with Gasteiger partial charge in [0.2, 0.25) is 0 Å². The molecule has 1 heterocycles. The molecule has 0 amide bonds. The lowest BCUT2D eigenvalue weighted by atomic mass is 9.88. The van der Waals surface area contributed by atoms with Gasteiger partial charge in [-0.05, 0) is 36.6 Å². The van der Waals surface area contributed by atoms with Crippen LogP contribution in [-0.2, 0) is 27.4 Å². The first-order valence-electron chi connectivity index (χ1n) is 12.4. The van der Waals surface area contributed by atoms with Crippen molar-refractivity contribution in [2.45, 2.75) is 64.8 Å². The molecular weight excluding hydrogens is 440 g/mol. The number of hydrogen-bond donors (Lipinski definition) is 1. The third-order valence-corrected chi connectivity index (χ3v) is 6.52. The second-order valence-corrected chi connectivity index (χ2v) is 9.54. The number of aliphatic hydroxyl groups excluding tert-OH is 1. The molecule has 190 valence electrons. The minimum atomic E-state index is -0.839. The maximum absolute atomic E-state index is 10.8. The summed E-state index contributed by atoms with van der Waals surface area (Å²) in [6, 6.07) is 18.0. The molecule has 2 aromatic carbocycles. The largest absolute Gasteiger partial charge is 0.497 e. The van der Waals surface area contributed by atoms with Crippen LogP contribution in [0.4, 0.5) is 0 Å². The zero-order valence-corrected chi connectivity index (χ0v) is 21.4. The number of benzene rings is 2. The molecule has 0 radical (unpaired) electrons. The molecule has 0 aromatic heterocycles. The van der Waals surface area contributed by atoms with Gasteiger partial charge in [0, 0.05) is 11.8 Å². The van der Waals surface area contributed by atoms with Crippen molar-refractivity contribution in [1.82, 2.24) is 0 Å². The molecule has 35 heavy (non-hydrogen) atoms. The van der Waals surface area contributed by atoms with Crippen molar-refractivity contribution in [3.63, 3.8) is 0 Å². The Morgan fingerprint density at radius 1 is 1.06 bits per heavy atom. The summed E-state index contributed by atoms with van der Waals surface area (Å²) in [5.41, 5.74) is 3.41. The van der Waals surface area contributed by atoms with E-state index >= 15 is 0 Å². The summed E-state index contributed by atoms with van der Waals surface area (Å²) >= 11 is 0. The molecule has 5 nitrogen and oxygen atoms in total. The van der Waals surface area contributed by atoms with Gasteiger partial charge in [0.1, 0.15) is 18.0 Å². The highest BCUT2D eigenvalue weighted by Gasteiger charge is 2.36. The van der Waals surface area contributed by atoms with E-state index in [1.54, 1.807) is 7.11 Å². The molecular formula is C30H40O5. The van der Waals surface area contributed by atoms with Gasteiger partial charge in [-0.25, -0.2) is 0 Å². The molecule has 3 rings (SSSR count). The molecule has 5 heteroatoms. The molecule has 0 bridgehead atoms. The minimum absolute atomic E-state index is 0.123. The van der Waals surface area contributed by atoms with Crippen LogP contribution in [-0.4, -0.2) is 43.2 Å². The first kappa shape index (κ1) is 27.2. The Balaban J connectivity index is 1.70. The van der Waals surface area contributed by atoms with Crippen LogP contribution >= 0.6 is 0 Å². The number of rotatable bonds is 11. The first-order chi connectivity index (χ1) is 16.9. The molecule has 1 aliphatic rings. The van der Waals surface area contributed by atoms with E-state index in [2.05, 4.69) is 45.6 Å². The van der Waals surface area contributed by atoms with Gasteiger partial charge in [0.25, 0.3) is 0 Å². The number of hydrogen-bond acceptors (Lipinski definition) is 5. The lowest BCUT2D eigenvalue weighted by molar-refractivity contribution is -0.164. The third-order valence-electron chi connectivity index (χ3n) is 6.52. The van der Waals surface area contributed by atoms with E-state index in [-0.39, 0.29) is 24.0 Å². The van der Waals surface area contributed by atoms with Crippen molar-refractivity contribution < 1.29 is 24.1 Å². The highest BCUT2D eigenvalue weighted by Crippen LogP contribution is 2.30. The average Bonchev–Trinajstić information content (AvgIpc) is 2.86. The smallest absolute Gasteiger partial charge is 0.118 e. The highest BCUT2D eigenvalue weighted by molar-refractivity contribution is 5.26. The highest BCUT2D eigenvalue weighted by atomic mass is 16.6. The lowest BCUT2D eigenvalue weighted by Crippen LogP contribution is -2.47. The molecule has 0 spiro atoms. The van der Waals surface area contributed by atoms with Crippen LogP contribution in [0.1, 0.15) is 38.3 Å². The Morgan fingerprint density at radius 2 is 1.74 bits per heavy atom.